The molecular formula is C13H10N4O4. The molecule has 1 N–H and O–H groups in total. The zero-order valence-corrected chi connectivity index (χ0v) is 10.9. The molecule has 1 heterocycles. The number of fused-ring (bicyclic) bond motifs is 1. The number of aromatic nitrogens is 2. The molecule has 0 radical (unpaired) electrons. The lowest BCUT2D eigenvalue weighted by Gasteiger charge is -2.19. The number of benzene rings is 2. The lowest BCUT2D eigenvalue weighted by atomic mass is 10.2. The van der Waals surface area contributed by atoms with Crippen molar-refractivity contribution in [3.63, 3.8) is 0 Å². The van der Waals surface area contributed by atoms with E-state index in [9.17, 15) is 15.2 Å². The van der Waals surface area contributed by atoms with Gasteiger partial charge >= 0.3 is 5.69 Å². The van der Waals surface area contributed by atoms with Crippen molar-refractivity contribution in [2.75, 3.05) is 11.9 Å². The van der Waals surface area contributed by atoms with Crippen LogP contribution in [-0.2, 0) is 0 Å². The minimum Gasteiger partial charge on any atom is -0.508 e. The van der Waals surface area contributed by atoms with Crippen LogP contribution in [0.2, 0.25) is 0 Å². The fraction of sp³-hybridized carbons (Fsp3) is 0.0769. The first-order valence-corrected chi connectivity index (χ1v) is 6.00. The molecule has 8 heteroatoms. The Bertz CT molecular complexity index is 813. The van der Waals surface area contributed by atoms with Crippen LogP contribution in [0.15, 0.2) is 41.0 Å². The standard InChI is InChI=1S/C13H10N4O4/c1-16(8-2-4-9(18)5-3-8)11-7-6-10-12(15-21-14-10)13(11)17(19)20/h2-7,18H,1H3. The van der Waals surface area contributed by atoms with Crippen molar-refractivity contribution in [2.45, 2.75) is 0 Å². The van der Waals surface area contributed by atoms with Gasteiger partial charge in [-0.1, -0.05) is 0 Å². The lowest BCUT2D eigenvalue weighted by Crippen LogP contribution is -2.11. The average molecular weight is 286 g/mol. The molecule has 0 aliphatic heterocycles. The van der Waals surface area contributed by atoms with Crippen molar-refractivity contribution >= 4 is 28.1 Å². The van der Waals surface area contributed by atoms with Gasteiger partial charge in [-0.15, -0.1) is 0 Å². The molecule has 3 rings (SSSR count). The SMILES string of the molecule is CN(c1ccc(O)cc1)c1ccc2nonc2c1[N+](=O)[O-]. The highest BCUT2D eigenvalue weighted by Gasteiger charge is 2.25. The van der Waals surface area contributed by atoms with E-state index in [4.69, 9.17) is 0 Å². The lowest BCUT2D eigenvalue weighted by molar-refractivity contribution is -0.382. The Morgan fingerprint density at radius 3 is 2.57 bits per heavy atom. The predicted molar refractivity (Wildman–Crippen MR) is 74.6 cm³/mol. The minimum absolute atomic E-state index is 0.100. The molecule has 3 aromatic rings. The Balaban J connectivity index is 2.17. The molecule has 0 aliphatic rings. The van der Waals surface area contributed by atoms with Gasteiger partial charge in [0.15, 0.2) is 0 Å². The van der Waals surface area contributed by atoms with Crippen LogP contribution in [0.4, 0.5) is 17.1 Å². The molecule has 1 aromatic heterocycles. The molecule has 0 spiro atoms. The van der Waals surface area contributed by atoms with Crippen LogP contribution in [-0.4, -0.2) is 27.4 Å². The normalized spacial score (nSPS) is 10.7. The van der Waals surface area contributed by atoms with E-state index in [0.717, 1.165) is 0 Å². The summed E-state index contributed by atoms with van der Waals surface area (Å²) in [5.74, 6) is 0.123. The van der Waals surface area contributed by atoms with Crippen LogP contribution in [0.25, 0.3) is 11.0 Å². The van der Waals surface area contributed by atoms with Crippen molar-refractivity contribution in [2.24, 2.45) is 0 Å². The minimum atomic E-state index is -0.515. The van der Waals surface area contributed by atoms with Crippen LogP contribution in [0.1, 0.15) is 0 Å². The van der Waals surface area contributed by atoms with Gasteiger partial charge in [-0.3, -0.25) is 10.1 Å². The van der Waals surface area contributed by atoms with Crippen LogP contribution in [0.3, 0.4) is 0 Å². The van der Waals surface area contributed by atoms with E-state index in [1.165, 1.54) is 12.1 Å². The van der Waals surface area contributed by atoms with E-state index in [-0.39, 0.29) is 17.0 Å². The Hall–Kier alpha value is -3.16. The molecule has 0 atom stereocenters. The van der Waals surface area contributed by atoms with Gasteiger partial charge in [0, 0.05) is 12.7 Å². The molecular weight excluding hydrogens is 276 g/mol. The van der Waals surface area contributed by atoms with Gasteiger partial charge in [0.2, 0.25) is 5.52 Å². The molecule has 21 heavy (non-hydrogen) atoms. The summed E-state index contributed by atoms with van der Waals surface area (Å²) in [6.45, 7) is 0. The van der Waals surface area contributed by atoms with Gasteiger partial charge in [0.25, 0.3) is 0 Å². The molecule has 2 aromatic carbocycles. The highest BCUT2D eigenvalue weighted by molar-refractivity contribution is 5.92. The maximum atomic E-state index is 11.4. The molecule has 0 bridgehead atoms. The fourth-order valence-electron chi connectivity index (χ4n) is 2.09. The molecule has 0 fully saturated rings. The highest BCUT2D eigenvalue weighted by Crippen LogP contribution is 2.37. The van der Waals surface area contributed by atoms with Crippen molar-refractivity contribution in [1.29, 1.82) is 0 Å². The molecule has 0 aliphatic carbocycles. The third-order valence-electron chi connectivity index (χ3n) is 3.16. The topological polar surface area (TPSA) is 106 Å². The van der Waals surface area contributed by atoms with Gasteiger partial charge in [-0.2, -0.15) is 0 Å². The van der Waals surface area contributed by atoms with Crippen LogP contribution < -0.4 is 4.90 Å². The Morgan fingerprint density at radius 2 is 1.90 bits per heavy atom. The number of phenols is 1. The summed E-state index contributed by atoms with van der Waals surface area (Å²) < 4.78 is 4.56. The number of anilines is 2. The number of hydrogen-bond donors (Lipinski definition) is 1. The van der Waals surface area contributed by atoms with Crippen molar-refractivity contribution in [3.8, 4) is 5.75 Å². The first-order chi connectivity index (χ1) is 10.1. The van der Waals surface area contributed by atoms with Crippen LogP contribution in [0.5, 0.6) is 5.75 Å². The van der Waals surface area contributed by atoms with Crippen LogP contribution in [0, 0.1) is 10.1 Å². The zero-order valence-electron chi connectivity index (χ0n) is 10.9. The summed E-state index contributed by atoms with van der Waals surface area (Å²) in [7, 11) is 1.69. The monoisotopic (exact) mass is 286 g/mol. The van der Waals surface area contributed by atoms with Crippen molar-refractivity contribution in [3.05, 3.63) is 46.5 Å². The molecule has 8 nitrogen and oxygen atoms in total. The summed E-state index contributed by atoms with van der Waals surface area (Å²) >= 11 is 0. The van der Waals surface area contributed by atoms with E-state index in [1.54, 1.807) is 36.2 Å². The van der Waals surface area contributed by atoms with E-state index in [1.807, 2.05) is 0 Å². The number of hydrogen-bond acceptors (Lipinski definition) is 7. The van der Waals surface area contributed by atoms with Crippen LogP contribution >= 0.6 is 0 Å². The highest BCUT2D eigenvalue weighted by atomic mass is 16.6. The van der Waals surface area contributed by atoms with E-state index in [2.05, 4.69) is 14.9 Å². The summed E-state index contributed by atoms with van der Waals surface area (Å²) in [5, 5.41) is 27.9. The Kier molecular flexibility index (Phi) is 2.90. The number of aromatic hydroxyl groups is 1. The largest absolute Gasteiger partial charge is 0.508 e. The molecule has 0 unspecified atom stereocenters. The number of nitro groups is 1. The molecule has 0 amide bonds. The quantitative estimate of drug-likeness (QED) is 0.582. The summed E-state index contributed by atoms with van der Waals surface area (Å²) in [5.41, 5.74) is 1.29. The van der Waals surface area contributed by atoms with E-state index >= 15 is 0 Å². The van der Waals surface area contributed by atoms with Crippen molar-refractivity contribution < 1.29 is 14.7 Å². The maximum Gasteiger partial charge on any atom is 0.324 e. The predicted octanol–water partition coefficient (Wildman–Crippen LogP) is 2.60. The molecule has 106 valence electrons. The number of phenolic OH excluding ortho intramolecular Hbond substituents is 1. The first kappa shape index (κ1) is 12.9. The maximum absolute atomic E-state index is 11.4. The zero-order chi connectivity index (χ0) is 15.0. The second-order valence-corrected chi connectivity index (χ2v) is 4.40. The first-order valence-electron chi connectivity index (χ1n) is 6.00. The Morgan fingerprint density at radius 1 is 1.19 bits per heavy atom. The number of rotatable bonds is 3. The number of nitro benzene ring substituents is 1. The van der Waals surface area contributed by atoms with Crippen molar-refractivity contribution in [1.82, 2.24) is 10.3 Å². The Labute approximate surface area is 118 Å². The second-order valence-electron chi connectivity index (χ2n) is 4.40. The second kappa shape index (κ2) is 4.75. The fourth-order valence-corrected chi connectivity index (χ4v) is 2.09. The van der Waals surface area contributed by atoms with Gasteiger partial charge in [-0.05, 0) is 46.7 Å². The number of nitrogens with zero attached hydrogens (tertiary/aromatic N) is 4. The summed E-state index contributed by atoms with van der Waals surface area (Å²) in [4.78, 5) is 12.5. The third-order valence-corrected chi connectivity index (χ3v) is 3.16. The van der Waals surface area contributed by atoms with Gasteiger partial charge in [0.1, 0.15) is 17.0 Å². The van der Waals surface area contributed by atoms with Gasteiger partial charge in [-0.25, -0.2) is 4.63 Å². The van der Waals surface area contributed by atoms with Gasteiger partial charge < -0.3 is 10.0 Å². The van der Waals surface area contributed by atoms with Gasteiger partial charge in [0.05, 0.1) is 4.92 Å². The van der Waals surface area contributed by atoms with E-state index < -0.39 is 4.92 Å². The molecule has 0 saturated carbocycles. The summed E-state index contributed by atoms with van der Waals surface area (Å²) in [6.07, 6.45) is 0. The smallest absolute Gasteiger partial charge is 0.324 e. The summed E-state index contributed by atoms with van der Waals surface area (Å²) in [6, 6.07) is 9.51. The molecule has 0 saturated heterocycles. The average Bonchev–Trinajstić information content (AvgIpc) is 2.94. The third kappa shape index (κ3) is 2.12. The van der Waals surface area contributed by atoms with E-state index in [0.29, 0.717) is 16.9 Å².